The Labute approximate surface area is 147 Å². The summed E-state index contributed by atoms with van der Waals surface area (Å²) < 4.78 is 38.5. The highest BCUT2D eigenvalue weighted by Gasteiger charge is 2.33. The van der Waals surface area contributed by atoms with Crippen molar-refractivity contribution in [2.45, 2.75) is 45.3 Å². The monoisotopic (exact) mass is 407 g/mol. The molecule has 1 aromatic heterocycles. The van der Waals surface area contributed by atoms with Crippen LogP contribution in [0.3, 0.4) is 0 Å². The van der Waals surface area contributed by atoms with Crippen LogP contribution in [0.5, 0.6) is 0 Å². The van der Waals surface area contributed by atoms with Crippen molar-refractivity contribution in [2.24, 2.45) is 5.92 Å². The van der Waals surface area contributed by atoms with Gasteiger partial charge in [0, 0.05) is 24.8 Å². The SMILES string of the molecule is CC(C)(C)NC(=O)C1CCCN(c2ncc(C(F)(F)F)cc2Br)C1. The first kappa shape index (κ1) is 19.0. The maximum atomic E-state index is 12.7. The van der Waals surface area contributed by atoms with Gasteiger partial charge in [-0.15, -0.1) is 0 Å². The van der Waals surface area contributed by atoms with Gasteiger partial charge in [0.25, 0.3) is 0 Å². The van der Waals surface area contributed by atoms with Crippen LogP contribution >= 0.6 is 15.9 Å². The number of hydrogen-bond donors (Lipinski definition) is 1. The van der Waals surface area contributed by atoms with Crippen LogP contribution in [0, 0.1) is 5.92 Å². The summed E-state index contributed by atoms with van der Waals surface area (Å²) in [7, 11) is 0. The van der Waals surface area contributed by atoms with Crippen molar-refractivity contribution in [3.63, 3.8) is 0 Å². The Kier molecular flexibility index (Phi) is 5.47. The lowest BCUT2D eigenvalue weighted by molar-refractivity contribution is -0.137. The van der Waals surface area contributed by atoms with Crippen LogP contribution in [-0.4, -0.2) is 29.5 Å². The molecule has 2 rings (SSSR count). The van der Waals surface area contributed by atoms with Gasteiger partial charge in [-0.05, 0) is 55.6 Å². The Morgan fingerprint density at radius 3 is 2.58 bits per heavy atom. The van der Waals surface area contributed by atoms with Crippen molar-refractivity contribution in [1.82, 2.24) is 10.3 Å². The molecule has 134 valence electrons. The molecule has 1 aliphatic rings. The van der Waals surface area contributed by atoms with Crippen LogP contribution in [-0.2, 0) is 11.0 Å². The molecule has 0 aliphatic carbocycles. The van der Waals surface area contributed by atoms with E-state index < -0.39 is 11.7 Å². The molecule has 1 aliphatic heterocycles. The Balaban J connectivity index is 2.14. The van der Waals surface area contributed by atoms with Crippen molar-refractivity contribution >= 4 is 27.7 Å². The number of rotatable bonds is 2. The number of pyridine rings is 1. The summed E-state index contributed by atoms with van der Waals surface area (Å²) in [5, 5.41) is 2.96. The second kappa shape index (κ2) is 6.90. The van der Waals surface area contributed by atoms with Crippen LogP contribution in [0.2, 0.25) is 0 Å². The molecule has 1 unspecified atom stereocenters. The third-order valence-corrected chi connectivity index (χ3v) is 4.32. The van der Waals surface area contributed by atoms with Gasteiger partial charge in [-0.25, -0.2) is 4.98 Å². The molecule has 1 fully saturated rings. The third kappa shape index (κ3) is 4.84. The molecule has 1 amide bonds. The van der Waals surface area contributed by atoms with Crippen molar-refractivity contribution < 1.29 is 18.0 Å². The quantitative estimate of drug-likeness (QED) is 0.805. The number of alkyl halides is 3. The lowest BCUT2D eigenvalue weighted by Crippen LogP contribution is -2.49. The fourth-order valence-corrected chi connectivity index (χ4v) is 3.27. The van der Waals surface area contributed by atoms with Crippen LogP contribution in [0.4, 0.5) is 19.0 Å². The molecule has 1 atom stereocenters. The zero-order valence-electron chi connectivity index (χ0n) is 13.9. The van der Waals surface area contributed by atoms with E-state index in [0.717, 1.165) is 25.1 Å². The zero-order chi connectivity index (χ0) is 18.1. The van der Waals surface area contributed by atoms with E-state index in [2.05, 4.69) is 26.2 Å². The number of nitrogens with zero attached hydrogens (tertiary/aromatic N) is 2. The largest absolute Gasteiger partial charge is 0.417 e. The van der Waals surface area contributed by atoms with Gasteiger partial charge in [0.1, 0.15) is 5.82 Å². The normalized spacial score (nSPS) is 19.3. The van der Waals surface area contributed by atoms with Crippen LogP contribution < -0.4 is 10.2 Å². The van der Waals surface area contributed by atoms with Crippen molar-refractivity contribution in [1.29, 1.82) is 0 Å². The molecule has 0 saturated carbocycles. The van der Waals surface area contributed by atoms with E-state index in [1.54, 1.807) is 0 Å². The first-order valence-corrected chi connectivity index (χ1v) is 8.56. The first-order chi connectivity index (χ1) is 11.0. The first-order valence-electron chi connectivity index (χ1n) is 7.77. The van der Waals surface area contributed by atoms with Crippen molar-refractivity contribution in [3.05, 3.63) is 22.3 Å². The number of piperidine rings is 1. The minimum absolute atomic E-state index is 0.0322. The molecule has 1 saturated heterocycles. The van der Waals surface area contributed by atoms with E-state index in [1.807, 2.05) is 25.7 Å². The van der Waals surface area contributed by atoms with E-state index in [4.69, 9.17) is 0 Å². The van der Waals surface area contributed by atoms with Gasteiger partial charge in [0.15, 0.2) is 0 Å². The number of carbonyl (C=O) groups excluding carboxylic acids is 1. The lowest BCUT2D eigenvalue weighted by atomic mass is 9.95. The number of nitrogens with one attached hydrogen (secondary N) is 1. The van der Waals surface area contributed by atoms with Gasteiger partial charge in [0.2, 0.25) is 5.91 Å². The molecule has 0 radical (unpaired) electrons. The molecule has 4 nitrogen and oxygen atoms in total. The number of hydrogen-bond acceptors (Lipinski definition) is 3. The maximum Gasteiger partial charge on any atom is 0.417 e. The molecular weight excluding hydrogens is 387 g/mol. The molecule has 8 heteroatoms. The maximum absolute atomic E-state index is 12.7. The van der Waals surface area contributed by atoms with Gasteiger partial charge < -0.3 is 10.2 Å². The summed E-state index contributed by atoms with van der Waals surface area (Å²) >= 11 is 3.18. The Hall–Kier alpha value is -1.31. The molecule has 2 heterocycles. The number of aromatic nitrogens is 1. The smallest absolute Gasteiger partial charge is 0.355 e. The summed E-state index contributed by atoms with van der Waals surface area (Å²) in [6.45, 7) is 6.85. The third-order valence-electron chi connectivity index (χ3n) is 3.74. The Morgan fingerprint density at radius 2 is 2.04 bits per heavy atom. The standard InChI is InChI=1S/C16H21BrF3N3O/c1-15(2,3)22-14(24)10-5-4-6-23(9-10)13-12(17)7-11(8-21-13)16(18,19)20/h7-8,10H,4-6,9H2,1-3H3,(H,22,24). The van der Waals surface area contributed by atoms with Crippen LogP contribution in [0.25, 0.3) is 0 Å². The summed E-state index contributed by atoms with van der Waals surface area (Å²) in [5.41, 5.74) is -1.11. The fraction of sp³-hybridized carbons (Fsp3) is 0.625. The van der Waals surface area contributed by atoms with E-state index >= 15 is 0 Å². The van der Waals surface area contributed by atoms with Gasteiger partial charge in [-0.3, -0.25) is 4.79 Å². The highest BCUT2D eigenvalue weighted by molar-refractivity contribution is 9.10. The predicted octanol–water partition coefficient (Wildman–Crippen LogP) is 3.99. The lowest BCUT2D eigenvalue weighted by Gasteiger charge is -2.35. The Morgan fingerprint density at radius 1 is 1.38 bits per heavy atom. The van der Waals surface area contributed by atoms with E-state index in [-0.39, 0.29) is 21.8 Å². The highest BCUT2D eigenvalue weighted by Crippen LogP contribution is 2.34. The molecule has 1 aromatic rings. The van der Waals surface area contributed by atoms with Gasteiger partial charge >= 0.3 is 6.18 Å². The minimum atomic E-state index is -4.43. The van der Waals surface area contributed by atoms with Gasteiger partial charge in [0.05, 0.1) is 16.0 Å². The van der Waals surface area contributed by atoms with E-state index in [1.165, 1.54) is 0 Å². The predicted molar refractivity (Wildman–Crippen MR) is 89.8 cm³/mol. The molecule has 0 aromatic carbocycles. The number of halogens is 4. The van der Waals surface area contributed by atoms with Gasteiger partial charge in [-0.2, -0.15) is 13.2 Å². The molecule has 0 spiro atoms. The fourth-order valence-electron chi connectivity index (χ4n) is 2.67. The topological polar surface area (TPSA) is 45.2 Å². The summed E-state index contributed by atoms with van der Waals surface area (Å²) in [6, 6.07) is 1.03. The molecule has 1 N–H and O–H groups in total. The second-order valence-corrected chi connectivity index (χ2v) is 7.91. The van der Waals surface area contributed by atoms with E-state index in [0.29, 0.717) is 18.9 Å². The highest BCUT2D eigenvalue weighted by atomic mass is 79.9. The average Bonchev–Trinajstić information content (AvgIpc) is 2.44. The number of amides is 1. The van der Waals surface area contributed by atoms with Crippen molar-refractivity contribution in [3.8, 4) is 0 Å². The van der Waals surface area contributed by atoms with Crippen LogP contribution in [0.15, 0.2) is 16.7 Å². The number of carbonyl (C=O) groups is 1. The summed E-state index contributed by atoms with van der Waals surface area (Å²) in [4.78, 5) is 18.2. The summed E-state index contributed by atoms with van der Waals surface area (Å²) in [6.07, 6.45) is -2.04. The zero-order valence-corrected chi connectivity index (χ0v) is 15.5. The molecule has 24 heavy (non-hydrogen) atoms. The Bertz CT molecular complexity index is 614. The summed E-state index contributed by atoms with van der Waals surface area (Å²) in [5.74, 6) is 0.209. The van der Waals surface area contributed by atoms with Crippen LogP contribution in [0.1, 0.15) is 39.2 Å². The van der Waals surface area contributed by atoms with Crippen molar-refractivity contribution in [2.75, 3.05) is 18.0 Å². The number of anilines is 1. The second-order valence-electron chi connectivity index (χ2n) is 7.05. The molecule has 0 bridgehead atoms. The average molecular weight is 408 g/mol. The molecular formula is C16H21BrF3N3O. The minimum Gasteiger partial charge on any atom is -0.355 e. The van der Waals surface area contributed by atoms with E-state index in [9.17, 15) is 18.0 Å². The van der Waals surface area contributed by atoms with Gasteiger partial charge in [-0.1, -0.05) is 0 Å².